The van der Waals surface area contributed by atoms with Crippen molar-refractivity contribution in [3.8, 4) is 78.4 Å². The van der Waals surface area contributed by atoms with E-state index in [1.165, 1.54) is 93.7 Å². The minimum atomic E-state index is -0.116. The molecular weight excluding hydrogens is 797 g/mol. The zero-order valence-corrected chi connectivity index (χ0v) is 37.5. The largest absolute Gasteiger partial charge is 0.228 e. The van der Waals surface area contributed by atoms with Crippen LogP contribution in [0.15, 0.2) is 206 Å². The SMILES string of the molecule is CC1(C)c2ccc(-c3ccc(-c4ccc(-c5cc(-c6cccc7c6-c6ccccc6C7(C)C)nc(-c6ccccc6)n5)c5ccccc45)c4ccccc34)cc2-c2cc3ccccc3cc21. The second-order valence-electron chi connectivity index (χ2n) is 19.3. The predicted molar refractivity (Wildman–Crippen MR) is 277 cm³/mol. The zero-order chi connectivity index (χ0) is 44.3. The summed E-state index contributed by atoms with van der Waals surface area (Å²) >= 11 is 0. The molecule has 11 aromatic rings. The van der Waals surface area contributed by atoms with Gasteiger partial charge in [-0.05, 0) is 123 Å². The van der Waals surface area contributed by atoms with Crippen LogP contribution in [0.5, 0.6) is 0 Å². The summed E-state index contributed by atoms with van der Waals surface area (Å²) in [5.41, 5.74) is 20.4. The van der Waals surface area contributed by atoms with E-state index in [1.807, 2.05) is 6.07 Å². The molecule has 10 aromatic carbocycles. The average molecular weight is 843 g/mol. The molecule has 0 aliphatic heterocycles. The topological polar surface area (TPSA) is 25.8 Å². The fourth-order valence-corrected chi connectivity index (χ4v) is 11.6. The van der Waals surface area contributed by atoms with Crippen molar-refractivity contribution < 1.29 is 0 Å². The van der Waals surface area contributed by atoms with E-state index in [2.05, 4.69) is 228 Å². The van der Waals surface area contributed by atoms with Gasteiger partial charge in [0.1, 0.15) is 0 Å². The molecule has 0 saturated carbocycles. The van der Waals surface area contributed by atoms with Crippen LogP contribution >= 0.6 is 0 Å². The van der Waals surface area contributed by atoms with E-state index in [9.17, 15) is 0 Å². The van der Waals surface area contributed by atoms with Gasteiger partial charge in [0.05, 0.1) is 11.4 Å². The number of fused-ring (bicyclic) bond motifs is 9. The first-order chi connectivity index (χ1) is 32.2. The molecule has 0 saturated heterocycles. The lowest BCUT2D eigenvalue weighted by Gasteiger charge is -2.22. The summed E-state index contributed by atoms with van der Waals surface area (Å²) in [5.74, 6) is 0.716. The Morgan fingerprint density at radius 2 is 0.788 bits per heavy atom. The van der Waals surface area contributed by atoms with Crippen LogP contribution in [0.2, 0.25) is 0 Å². The predicted octanol–water partition coefficient (Wildman–Crippen LogP) is 16.9. The third kappa shape index (κ3) is 5.67. The maximum atomic E-state index is 5.36. The van der Waals surface area contributed by atoms with Gasteiger partial charge in [0, 0.05) is 27.5 Å². The molecule has 0 atom stereocenters. The van der Waals surface area contributed by atoms with Crippen LogP contribution in [-0.2, 0) is 10.8 Å². The molecule has 66 heavy (non-hydrogen) atoms. The Balaban J connectivity index is 0.960. The molecule has 2 heteroatoms. The maximum absolute atomic E-state index is 5.36. The molecule has 0 fully saturated rings. The number of rotatable bonds is 5. The highest BCUT2D eigenvalue weighted by Gasteiger charge is 2.38. The monoisotopic (exact) mass is 842 g/mol. The summed E-state index contributed by atoms with van der Waals surface area (Å²) in [6.07, 6.45) is 0. The van der Waals surface area contributed by atoms with E-state index in [0.717, 1.165) is 33.5 Å². The van der Waals surface area contributed by atoms with Crippen LogP contribution in [0.4, 0.5) is 0 Å². The quantitative estimate of drug-likeness (QED) is 0.172. The van der Waals surface area contributed by atoms with Crippen molar-refractivity contribution in [2.45, 2.75) is 38.5 Å². The van der Waals surface area contributed by atoms with Crippen molar-refractivity contribution in [1.82, 2.24) is 9.97 Å². The molecule has 0 bridgehead atoms. The third-order valence-electron chi connectivity index (χ3n) is 14.9. The Morgan fingerprint density at radius 1 is 0.288 bits per heavy atom. The number of hydrogen-bond donors (Lipinski definition) is 0. The summed E-state index contributed by atoms with van der Waals surface area (Å²) < 4.78 is 0. The van der Waals surface area contributed by atoms with Crippen molar-refractivity contribution in [3.05, 3.63) is 229 Å². The van der Waals surface area contributed by atoms with E-state index >= 15 is 0 Å². The van der Waals surface area contributed by atoms with Gasteiger partial charge in [0.15, 0.2) is 5.82 Å². The molecule has 1 heterocycles. The van der Waals surface area contributed by atoms with Gasteiger partial charge in [-0.3, -0.25) is 0 Å². The minimum absolute atomic E-state index is 0.0756. The zero-order valence-electron chi connectivity index (χ0n) is 37.5. The van der Waals surface area contributed by atoms with Crippen molar-refractivity contribution in [1.29, 1.82) is 0 Å². The van der Waals surface area contributed by atoms with Crippen molar-refractivity contribution in [2.24, 2.45) is 0 Å². The summed E-state index contributed by atoms with van der Waals surface area (Å²) in [6.45, 7) is 9.40. The van der Waals surface area contributed by atoms with Gasteiger partial charge in [0.25, 0.3) is 0 Å². The second-order valence-corrected chi connectivity index (χ2v) is 19.3. The highest BCUT2D eigenvalue weighted by atomic mass is 14.9. The van der Waals surface area contributed by atoms with Crippen LogP contribution in [0.25, 0.3) is 111 Å². The summed E-state index contributed by atoms with van der Waals surface area (Å²) in [4.78, 5) is 10.7. The molecule has 1 aromatic heterocycles. The lowest BCUT2D eigenvalue weighted by atomic mass is 9.81. The van der Waals surface area contributed by atoms with E-state index in [1.54, 1.807) is 0 Å². The minimum Gasteiger partial charge on any atom is -0.228 e. The average Bonchev–Trinajstić information content (AvgIpc) is 3.73. The van der Waals surface area contributed by atoms with Crippen LogP contribution in [0.3, 0.4) is 0 Å². The van der Waals surface area contributed by atoms with Gasteiger partial charge in [0.2, 0.25) is 0 Å². The molecule has 0 radical (unpaired) electrons. The Bertz CT molecular complexity index is 3820. The highest BCUT2D eigenvalue weighted by molar-refractivity contribution is 6.12. The first-order valence-electron chi connectivity index (χ1n) is 23.1. The van der Waals surface area contributed by atoms with E-state index < -0.39 is 0 Å². The lowest BCUT2D eigenvalue weighted by Crippen LogP contribution is -2.14. The Hall–Kier alpha value is -7.94. The van der Waals surface area contributed by atoms with Gasteiger partial charge >= 0.3 is 0 Å². The second kappa shape index (κ2) is 14.3. The summed E-state index contributed by atoms with van der Waals surface area (Å²) in [7, 11) is 0. The number of benzene rings is 10. The molecule has 2 aliphatic carbocycles. The van der Waals surface area contributed by atoms with Gasteiger partial charge in [-0.15, -0.1) is 0 Å². The lowest BCUT2D eigenvalue weighted by molar-refractivity contribution is 0.660. The normalized spacial score (nSPS) is 14.0. The van der Waals surface area contributed by atoms with Crippen molar-refractivity contribution in [2.75, 3.05) is 0 Å². The molecule has 0 unspecified atom stereocenters. The fourth-order valence-electron chi connectivity index (χ4n) is 11.6. The highest BCUT2D eigenvalue weighted by Crippen LogP contribution is 2.53. The molecule has 0 spiro atoms. The third-order valence-corrected chi connectivity index (χ3v) is 14.9. The van der Waals surface area contributed by atoms with Crippen molar-refractivity contribution >= 4 is 32.3 Å². The maximum Gasteiger partial charge on any atom is 0.160 e. The smallest absolute Gasteiger partial charge is 0.160 e. The molecule has 2 nitrogen and oxygen atoms in total. The Labute approximate surface area is 385 Å². The molecule has 13 rings (SSSR count). The number of nitrogens with zero attached hydrogens (tertiary/aromatic N) is 2. The Morgan fingerprint density at radius 3 is 1.52 bits per heavy atom. The van der Waals surface area contributed by atoms with Crippen LogP contribution < -0.4 is 0 Å². The van der Waals surface area contributed by atoms with Gasteiger partial charge in [-0.2, -0.15) is 0 Å². The molecular formula is C64H46N2. The standard InChI is InChI=1S/C64H46N2/c1-63(2)55-27-15-14-25-51(55)61-52(26-16-28-57(61)63)60-38-59(65-62(66-60)39-17-6-5-7-18-39)50-33-32-49(46-23-12-13-24-47(46)50)48-31-30-43(44-21-10-11-22-45(44)48)42-29-34-56-53(36-42)54-35-40-19-8-9-20-41(40)37-58(54)64(56,3)4/h5-38H,1-4H3. The van der Waals surface area contributed by atoms with Crippen LogP contribution in [-0.4, -0.2) is 9.97 Å². The fraction of sp³-hybridized carbons (Fsp3) is 0.0938. The Kier molecular flexibility index (Phi) is 8.33. The number of aromatic nitrogens is 2. The van der Waals surface area contributed by atoms with E-state index in [0.29, 0.717) is 5.82 Å². The van der Waals surface area contributed by atoms with Crippen LogP contribution in [0, 0.1) is 0 Å². The molecule has 312 valence electrons. The van der Waals surface area contributed by atoms with Crippen molar-refractivity contribution in [3.63, 3.8) is 0 Å². The first kappa shape index (κ1) is 38.5. The summed E-state index contributed by atoms with van der Waals surface area (Å²) in [5, 5.41) is 7.40. The first-order valence-corrected chi connectivity index (χ1v) is 23.1. The molecule has 0 amide bonds. The van der Waals surface area contributed by atoms with Gasteiger partial charge in [-0.1, -0.05) is 210 Å². The molecule has 0 N–H and O–H groups in total. The summed E-state index contributed by atoms with van der Waals surface area (Å²) in [6, 6.07) is 75.9. The number of hydrogen-bond acceptors (Lipinski definition) is 2. The van der Waals surface area contributed by atoms with Gasteiger partial charge < -0.3 is 0 Å². The van der Waals surface area contributed by atoms with E-state index in [4.69, 9.17) is 9.97 Å². The molecule has 2 aliphatic rings. The van der Waals surface area contributed by atoms with E-state index in [-0.39, 0.29) is 10.8 Å². The van der Waals surface area contributed by atoms with Crippen LogP contribution in [0.1, 0.15) is 49.9 Å². The van der Waals surface area contributed by atoms with Gasteiger partial charge in [-0.25, -0.2) is 9.97 Å².